The summed E-state index contributed by atoms with van der Waals surface area (Å²) in [6.45, 7) is 8.74. The third-order valence-corrected chi connectivity index (χ3v) is 5.08. The molecule has 2 aromatic carbocycles. The molecule has 0 saturated carbocycles. The Morgan fingerprint density at radius 2 is 1.79 bits per heavy atom. The van der Waals surface area contributed by atoms with E-state index in [0.717, 1.165) is 16.9 Å². The van der Waals surface area contributed by atoms with E-state index in [-0.39, 0.29) is 18.3 Å². The second-order valence-corrected chi connectivity index (χ2v) is 8.96. The molecule has 0 radical (unpaired) electrons. The Morgan fingerprint density at radius 3 is 2.41 bits per heavy atom. The first kappa shape index (κ1) is 25.2. The Hall–Kier alpha value is -3.39. The third-order valence-electron chi connectivity index (χ3n) is 5.08. The number of carbonyl (C=O) groups is 1. The number of halogens is 1. The van der Waals surface area contributed by atoms with E-state index in [1.54, 1.807) is 34.9 Å². The molecule has 7 nitrogen and oxygen atoms in total. The fourth-order valence-corrected chi connectivity index (χ4v) is 3.45. The first-order valence-corrected chi connectivity index (χ1v) is 11.4. The minimum Gasteiger partial charge on any atom is -0.435 e. The van der Waals surface area contributed by atoms with Gasteiger partial charge < -0.3 is 19.7 Å². The zero-order valence-electron chi connectivity index (χ0n) is 20.5. The summed E-state index contributed by atoms with van der Waals surface area (Å²) in [6.07, 6.45) is 0.613. The van der Waals surface area contributed by atoms with Crippen molar-refractivity contribution in [3.05, 3.63) is 71.7 Å². The SMILES string of the molecule is CCc1nn(-c2ccccc2)c(Oc2ccccc2F)c1CN(CCOC)C(=O)NC(C)(C)C. The quantitative estimate of drug-likeness (QED) is 0.461. The number of nitrogens with one attached hydrogen (secondary N) is 1. The Bertz CT molecular complexity index is 1090. The number of rotatable bonds is 9. The van der Waals surface area contributed by atoms with Crippen LogP contribution >= 0.6 is 0 Å². The van der Waals surface area contributed by atoms with Gasteiger partial charge >= 0.3 is 6.03 Å². The maximum absolute atomic E-state index is 14.5. The Balaban J connectivity index is 2.09. The van der Waals surface area contributed by atoms with Crippen molar-refractivity contribution in [1.29, 1.82) is 0 Å². The maximum atomic E-state index is 14.5. The first-order valence-electron chi connectivity index (χ1n) is 11.4. The second-order valence-electron chi connectivity index (χ2n) is 8.96. The molecular weight excluding hydrogens is 435 g/mol. The summed E-state index contributed by atoms with van der Waals surface area (Å²) in [5, 5.41) is 7.78. The van der Waals surface area contributed by atoms with Crippen LogP contribution in [0.25, 0.3) is 5.69 Å². The van der Waals surface area contributed by atoms with Crippen LogP contribution in [-0.2, 0) is 17.7 Å². The van der Waals surface area contributed by atoms with Gasteiger partial charge in [0, 0.05) is 19.2 Å². The van der Waals surface area contributed by atoms with Gasteiger partial charge in [-0.25, -0.2) is 13.9 Å². The number of ether oxygens (including phenoxy) is 2. The van der Waals surface area contributed by atoms with Crippen LogP contribution in [0.1, 0.15) is 39.0 Å². The van der Waals surface area contributed by atoms with Crippen LogP contribution in [0, 0.1) is 5.82 Å². The molecule has 0 aliphatic rings. The van der Waals surface area contributed by atoms with E-state index < -0.39 is 11.4 Å². The summed E-state index contributed by atoms with van der Waals surface area (Å²) >= 11 is 0. The highest BCUT2D eigenvalue weighted by Gasteiger charge is 2.26. The minimum absolute atomic E-state index is 0.0890. The van der Waals surface area contributed by atoms with Gasteiger partial charge in [-0.2, -0.15) is 5.10 Å². The highest BCUT2D eigenvalue weighted by atomic mass is 19.1. The van der Waals surface area contributed by atoms with Crippen molar-refractivity contribution in [2.24, 2.45) is 0 Å². The van der Waals surface area contributed by atoms with Gasteiger partial charge in [0.15, 0.2) is 11.6 Å². The van der Waals surface area contributed by atoms with Crippen molar-refractivity contribution in [3.8, 4) is 17.3 Å². The number of aryl methyl sites for hydroxylation is 1. The number of nitrogens with zero attached hydrogens (tertiary/aromatic N) is 3. The minimum atomic E-state index is -0.478. The Morgan fingerprint density at radius 1 is 1.12 bits per heavy atom. The molecule has 8 heteroatoms. The van der Waals surface area contributed by atoms with Gasteiger partial charge in [-0.1, -0.05) is 37.3 Å². The molecule has 3 rings (SSSR count). The summed E-state index contributed by atoms with van der Waals surface area (Å²) in [6, 6.07) is 15.5. The van der Waals surface area contributed by atoms with Crippen molar-refractivity contribution < 1.29 is 18.7 Å². The lowest BCUT2D eigenvalue weighted by molar-refractivity contribution is 0.142. The van der Waals surface area contributed by atoms with Crippen molar-refractivity contribution in [2.45, 2.75) is 46.2 Å². The largest absolute Gasteiger partial charge is 0.435 e. The fraction of sp³-hybridized carbons (Fsp3) is 0.385. The van der Waals surface area contributed by atoms with Crippen LogP contribution in [0.2, 0.25) is 0 Å². The Kier molecular flexibility index (Phi) is 8.28. The van der Waals surface area contributed by atoms with E-state index in [4.69, 9.17) is 14.6 Å². The number of amides is 2. The zero-order valence-corrected chi connectivity index (χ0v) is 20.5. The maximum Gasteiger partial charge on any atom is 0.318 e. The number of carbonyl (C=O) groups excluding carboxylic acids is 1. The zero-order chi connectivity index (χ0) is 24.7. The van der Waals surface area contributed by atoms with Crippen LogP contribution < -0.4 is 10.1 Å². The number of hydrogen-bond acceptors (Lipinski definition) is 4. The van der Waals surface area contributed by atoms with Gasteiger partial charge in [0.2, 0.25) is 5.88 Å². The molecule has 0 aliphatic carbocycles. The molecule has 2 amide bonds. The molecule has 0 unspecified atom stereocenters. The van der Waals surface area contributed by atoms with E-state index in [0.29, 0.717) is 25.5 Å². The molecular formula is C26H33FN4O3. The lowest BCUT2D eigenvalue weighted by Gasteiger charge is -2.28. The van der Waals surface area contributed by atoms with Gasteiger partial charge in [0.1, 0.15) is 0 Å². The molecule has 0 aliphatic heterocycles. The van der Waals surface area contributed by atoms with E-state index in [9.17, 15) is 9.18 Å². The lowest BCUT2D eigenvalue weighted by Crippen LogP contribution is -2.49. The van der Waals surface area contributed by atoms with Crippen molar-refractivity contribution in [1.82, 2.24) is 20.0 Å². The predicted molar refractivity (Wildman–Crippen MR) is 130 cm³/mol. The number of benzene rings is 2. The first-order chi connectivity index (χ1) is 16.2. The molecule has 0 fully saturated rings. The number of urea groups is 1. The summed E-state index contributed by atoms with van der Waals surface area (Å²) < 4.78 is 27.6. The molecule has 1 heterocycles. The van der Waals surface area contributed by atoms with Crippen LogP contribution in [0.5, 0.6) is 11.6 Å². The van der Waals surface area contributed by atoms with Crippen molar-refractivity contribution in [3.63, 3.8) is 0 Å². The van der Waals surface area contributed by atoms with Crippen LogP contribution in [-0.4, -0.2) is 46.5 Å². The van der Waals surface area contributed by atoms with E-state index >= 15 is 0 Å². The standard InChI is InChI=1S/C26H33FN4O3/c1-6-22-20(18-30(16-17-33-5)25(32)28-26(2,3)4)24(34-23-15-11-10-14-21(23)27)31(29-22)19-12-8-7-9-13-19/h7-15H,6,16-18H2,1-5H3,(H,28,32). The third kappa shape index (κ3) is 6.35. The summed E-state index contributed by atoms with van der Waals surface area (Å²) in [5.41, 5.74) is 1.85. The molecule has 1 N–H and O–H groups in total. The van der Waals surface area contributed by atoms with E-state index in [2.05, 4.69) is 5.32 Å². The smallest absolute Gasteiger partial charge is 0.318 e. The predicted octanol–water partition coefficient (Wildman–Crippen LogP) is 5.32. The van der Waals surface area contributed by atoms with E-state index in [1.165, 1.54) is 6.07 Å². The van der Waals surface area contributed by atoms with Gasteiger partial charge in [-0.05, 0) is 51.5 Å². The molecule has 3 aromatic rings. The molecule has 0 spiro atoms. The highest BCUT2D eigenvalue weighted by molar-refractivity contribution is 5.75. The normalized spacial score (nSPS) is 11.4. The Labute approximate surface area is 200 Å². The van der Waals surface area contributed by atoms with Gasteiger partial charge in [-0.3, -0.25) is 0 Å². The molecule has 1 aromatic heterocycles. The number of methoxy groups -OCH3 is 1. The fourth-order valence-electron chi connectivity index (χ4n) is 3.45. The molecule has 34 heavy (non-hydrogen) atoms. The van der Waals surface area contributed by atoms with Gasteiger partial charge in [0.05, 0.1) is 30.1 Å². The molecule has 0 saturated heterocycles. The van der Waals surface area contributed by atoms with E-state index in [1.807, 2.05) is 58.0 Å². The monoisotopic (exact) mass is 468 g/mol. The topological polar surface area (TPSA) is 68.6 Å². The average molecular weight is 469 g/mol. The van der Waals surface area contributed by atoms with Gasteiger partial charge in [-0.15, -0.1) is 0 Å². The number of aromatic nitrogens is 2. The number of hydrogen-bond donors (Lipinski definition) is 1. The lowest BCUT2D eigenvalue weighted by atomic mass is 10.1. The summed E-state index contributed by atoms with van der Waals surface area (Å²) in [7, 11) is 1.59. The molecule has 0 bridgehead atoms. The molecule has 0 atom stereocenters. The van der Waals surface area contributed by atoms with Crippen LogP contribution in [0.15, 0.2) is 54.6 Å². The summed E-state index contributed by atoms with van der Waals surface area (Å²) in [5.74, 6) is -0.0146. The highest BCUT2D eigenvalue weighted by Crippen LogP contribution is 2.33. The van der Waals surface area contributed by atoms with Crippen LogP contribution in [0.4, 0.5) is 9.18 Å². The van der Waals surface area contributed by atoms with Crippen molar-refractivity contribution >= 4 is 6.03 Å². The van der Waals surface area contributed by atoms with Gasteiger partial charge in [0.25, 0.3) is 0 Å². The average Bonchev–Trinajstić information content (AvgIpc) is 3.14. The van der Waals surface area contributed by atoms with Crippen LogP contribution in [0.3, 0.4) is 0 Å². The molecule has 182 valence electrons. The second kappa shape index (κ2) is 11.2. The number of para-hydroxylation sites is 2. The summed E-state index contributed by atoms with van der Waals surface area (Å²) in [4.78, 5) is 14.8. The van der Waals surface area contributed by atoms with Crippen molar-refractivity contribution in [2.75, 3.05) is 20.3 Å².